The number of rotatable bonds is 3. The zero-order valence-corrected chi connectivity index (χ0v) is 20.2. The summed E-state index contributed by atoms with van der Waals surface area (Å²) in [4.78, 5) is 48.9. The highest BCUT2D eigenvalue weighted by atomic mass is 16.6. The third-order valence-electron chi connectivity index (χ3n) is 5.71. The van der Waals surface area contributed by atoms with Crippen LogP contribution >= 0.6 is 0 Å². The van der Waals surface area contributed by atoms with Crippen molar-refractivity contribution in [2.75, 3.05) is 39.3 Å². The Hall–Kier alpha value is -2.60. The number of amides is 2. The van der Waals surface area contributed by atoms with Crippen molar-refractivity contribution < 1.29 is 38.9 Å². The van der Waals surface area contributed by atoms with E-state index in [4.69, 9.17) is 14.6 Å². The van der Waals surface area contributed by atoms with E-state index in [2.05, 4.69) is 10.6 Å². The Bertz CT molecular complexity index is 714. The predicted molar refractivity (Wildman–Crippen MR) is 122 cm³/mol. The Morgan fingerprint density at radius 2 is 1.59 bits per heavy atom. The number of carboxylic acid groups (broad SMARTS) is 2. The normalized spacial score (nSPS) is 23.9. The van der Waals surface area contributed by atoms with E-state index >= 15 is 0 Å². The zero-order chi connectivity index (χ0) is 25.3. The van der Waals surface area contributed by atoms with Crippen molar-refractivity contribution in [3.8, 4) is 0 Å². The molecule has 0 radical (unpaired) electrons. The Kier molecular flexibility index (Phi) is 10.4. The van der Waals surface area contributed by atoms with Crippen molar-refractivity contribution in [3.05, 3.63) is 0 Å². The largest absolute Gasteiger partial charge is 0.480 e. The van der Waals surface area contributed by atoms with E-state index in [1.807, 2.05) is 0 Å². The molecule has 2 saturated heterocycles. The lowest BCUT2D eigenvalue weighted by molar-refractivity contribution is -0.145. The summed E-state index contributed by atoms with van der Waals surface area (Å²) < 4.78 is 10.8. The minimum absolute atomic E-state index is 0.107. The van der Waals surface area contributed by atoms with Gasteiger partial charge < -0.3 is 35.2 Å². The van der Waals surface area contributed by atoms with E-state index in [1.54, 1.807) is 20.8 Å². The SMILES string of the molecule is CC(C)(C)OC(=O)N1CCN(C(=O)OC2CCCCC2)C(C(=O)O)C1.O=C(O)C1CNCCN1. The average molecular weight is 487 g/mol. The number of aliphatic carboxylic acids is 2. The van der Waals surface area contributed by atoms with E-state index in [-0.39, 0.29) is 25.7 Å². The average Bonchev–Trinajstić information content (AvgIpc) is 2.79. The first kappa shape index (κ1) is 27.6. The molecule has 0 aromatic heterocycles. The topological polar surface area (TPSA) is 158 Å². The van der Waals surface area contributed by atoms with Crippen LogP contribution in [0, 0.1) is 0 Å². The minimum Gasteiger partial charge on any atom is -0.480 e. The number of nitrogens with zero attached hydrogens (tertiary/aromatic N) is 2. The van der Waals surface area contributed by atoms with Crippen molar-refractivity contribution in [2.45, 2.75) is 76.7 Å². The lowest BCUT2D eigenvalue weighted by Gasteiger charge is -2.39. The molecule has 34 heavy (non-hydrogen) atoms. The molecule has 2 aliphatic heterocycles. The molecule has 3 rings (SSSR count). The Labute approximate surface area is 199 Å². The highest BCUT2D eigenvalue weighted by Crippen LogP contribution is 2.22. The van der Waals surface area contributed by atoms with Crippen LogP contribution in [0.4, 0.5) is 9.59 Å². The minimum atomic E-state index is -1.16. The molecule has 2 heterocycles. The smallest absolute Gasteiger partial charge is 0.410 e. The summed E-state index contributed by atoms with van der Waals surface area (Å²) >= 11 is 0. The number of piperazine rings is 2. The monoisotopic (exact) mass is 486 g/mol. The lowest BCUT2D eigenvalue weighted by Crippen LogP contribution is -2.60. The van der Waals surface area contributed by atoms with E-state index in [9.17, 15) is 24.3 Å². The summed E-state index contributed by atoms with van der Waals surface area (Å²) in [6.45, 7) is 7.62. The van der Waals surface area contributed by atoms with Gasteiger partial charge in [-0.15, -0.1) is 0 Å². The van der Waals surface area contributed by atoms with Crippen LogP contribution < -0.4 is 10.6 Å². The summed E-state index contributed by atoms with van der Waals surface area (Å²) in [5.41, 5.74) is -0.660. The van der Waals surface area contributed by atoms with Gasteiger partial charge in [-0.1, -0.05) is 6.42 Å². The van der Waals surface area contributed by atoms with Crippen molar-refractivity contribution in [1.82, 2.24) is 20.4 Å². The van der Waals surface area contributed by atoms with Gasteiger partial charge in [-0.3, -0.25) is 9.69 Å². The number of carbonyl (C=O) groups is 4. The van der Waals surface area contributed by atoms with Crippen molar-refractivity contribution in [2.24, 2.45) is 0 Å². The van der Waals surface area contributed by atoms with Crippen LogP contribution in [0.3, 0.4) is 0 Å². The Morgan fingerprint density at radius 3 is 2.09 bits per heavy atom. The van der Waals surface area contributed by atoms with Gasteiger partial charge in [0.15, 0.2) is 6.04 Å². The summed E-state index contributed by atoms with van der Waals surface area (Å²) in [5.74, 6) is -1.93. The first-order valence-corrected chi connectivity index (χ1v) is 11.8. The first-order valence-electron chi connectivity index (χ1n) is 11.8. The van der Waals surface area contributed by atoms with Crippen molar-refractivity contribution >= 4 is 24.1 Å². The zero-order valence-electron chi connectivity index (χ0n) is 20.2. The summed E-state index contributed by atoms with van der Waals surface area (Å²) in [6, 6.07) is -1.52. The second-order valence-corrected chi connectivity index (χ2v) is 9.67. The van der Waals surface area contributed by atoms with Gasteiger partial charge in [-0.2, -0.15) is 0 Å². The van der Waals surface area contributed by atoms with Gasteiger partial charge >= 0.3 is 24.1 Å². The van der Waals surface area contributed by atoms with Crippen LogP contribution in [0.25, 0.3) is 0 Å². The van der Waals surface area contributed by atoms with Crippen LogP contribution in [-0.2, 0) is 19.1 Å². The fraction of sp³-hybridized carbons (Fsp3) is 0.818. The highest BCUT2D eigenvalue weighted by molar-refractivity contribution is 5.82. The molecule has 194 valence electrons. The third kappa shape index (κ3) is 8.98. The lowest BCUT2D eigenvalue weighted by atomic mass is 9.98. The standard InChI is InChI=1S/C17H28N2O6.C5H10N2O2/c1-17(2,3)25-15(22)18-9-10-19(13(11-18)14(20)21)16(23)24-12-7-5-4-6-8-12;8-5(9)4-3-6-1-2-7-4/h12-13H,4-11H2,1-3H3,(H,20,21);4,6-7H,1-3H2,(H,8,9). The van der Waals surface area contributed by atoms with Crippen LogP contribution in [0.2, 0.25) is 0 Å². The Balaban J connectivity index is 0.000000379. The molecule has 4 N–H and O–H groups in total. The molecule has 12 heteroatoms. The highest BCUT2D eigenvalue weighted by Gasteiger charge is 2.39. The molecular formula is C22H38N4O8. The molecule has 3 fully saturated rings. The second kappa shape index (κ2) is 12.7. The molecule has 0 aromatic carbocycles. The number of hydrogen-bond donors (Lipinski definition) is 4. The molecule has 2 unspecified atom stereocenters. The van der Waals surface area contributed by atoms with Gasteiger partial charge in [0.2, 0.25) is 0 Å². The number of carbonyl (C=O) groups excluding carboxylic acids is 2. The predicted octanol–water partition coefficient (Wildman–Crippen LogP) is 1.09. The maximum absolute atomic E-state index is 12.4. The molecule has 12 nitrogen and oxygen atoms in total. The van der Waals surface area contributed by atoms with Gasteiger partial charge in [0.1, 0.15) is 17.7 Å². The van der Waals surface area contributed by atoms with Crippen LogP contribution in [-0.4, -0.2) is 107 Å². The fourth-order valence-corrected chi connectivity index (χ4v) is 3.93. The van der Waals surface area contributed by atoms with Gasteiger partial charge in [0.05, 0.1) is 6.54 Å². The summed E-state index contributed by atoms with van der Waals surface area (Å²) in [7, 11) is 0. The molecule has 0 aromatic rings. The maximum Gasteiger partial charge on any atom is 0.410 e. The number of ether oxygens (including phenoxy) is 2. The van der Waals surface area contributed by atoms with E-state index in [0.717, 1.165) is 45.2 Å². The van der Waals surface area contributed by atoms with Gasteiger partial charge in [-0.05, 0) is 46.5 Å². The molecule has 0 spiro atoms. The Morgan fingerprint density at radius 1 is 0.912 bits per heavy atom. The molecule has 2 amide bonds. The van der Waals surface area contributed by atoms with Crippen molar-refractivity contribution in [1.29, 1.82) is 0 Å². The fourth-order valence-electron chi connectivity index (χ4n) is 3.93. The maximum atomic E-state index is 12.4. The molecule has 1 aliphatic carbocycles. The number of nitrogens with one attached hydrogen (secondary N) is 2. The first-order chi connectivity index (χ1) is 16.0. The third-order valence-corrected chi connectivity index (χ3v) is 5.71. The van der Waals surface area contributed by atoms with E-state index in [1.165, 1.54) is 9.80 Å². The molecule has 0 bridgehead atoms. The van der Waals surface area contributed by atoms with E-state index in [0.29, 0.717) is 6.54 Å². The van der Waals surface area contributed by atoms with Crippen LogP contribution in [0.5, 0.6) is 0 Å². The van der Waals surface area contributed by atoms with Crippen LogP contribution in [0.15, 0.2) is 0 Å². The van der Waals surface area contributed by atoms with Gasteiger partial charge in [0, 0.05) is 32.7 Å². The number of carboxylic acids is 2. The molecule has 1 saturated carbocycles. The van der Waals surface area contributed by atoms with E-state index < -0.39 is 41.8 Å². The summed E-state index contributed by atoms with van der Waals surface area (Å²) in [6.07, 6.45) is 3.50. The quantitative estimate of drug-likeness (QED) is 0.455. The van der Waals surface area contributed by atoms with Crippen LogP contribution in [0.1, 0.15) is 52.9 Å². The molecule has 2 atom stereocenters. The van der Waals surface area contributed by atoms with Gasteiger partial charge in [0.25, 0.3) is 0 Å². The molecule has 3 aliphatic rings. The summed E-state index contributed by atoms with van der Waals surface area (Å²) in [5, 5.41) is 23.7. The van der Waals surface area contributed by atoms with Gasteiger partial charge in [-0.25, -0.2) is 14.4 Å². The number of hydrogen-bond acceptors (Lipinski definition) is 8. The van der Waals surface area contributed by atoms with Crippen molar-refractivity contribution in [3.63, 3.8) is 0 Å². The molecular weight excluding hydrogens is 448 g/mol. The second-order valence-electron chi connectivity index (χ2n) is 9.67.